The Kier molecular flexibility index (Phi) is 2.82. The maximum absolute atomic E-state index is 12.2. The fraction of sp³-hybridized carbons (Fsp3) is 0.200. The monoisotopic (exact) mass is 269 g/mol. The number of rotatable bonds is 2. The predicted octanol–water partition coefficient (Wildman–Crippen LogP) is 2.29. The fourth-order valence-corrected chi connectivity index (χ4v) is 2.40. The minimum absolute atomic E-state index is 0.166. The van der Waals surface area contributed by atoms with E-state index >= 15 is 0 Å². The predicted molar refractivity (Wildman–Crippen MR) is 77.5 cm³/mol. The van der Waals surface area contributed by atoms with Crippen molar-refractivity contribution in [3.05, 3.63) is 52.1 Å². The number of aromatic hydroxyl groups is 1. The van der Waals surface area contributed by atoms with Gasteiger partial charge in [0.15, 0.2) is 5.65 Å². The molecule has 1 aromatic carbocycles. The van der Waals surface area contributed by atoms with Crippen LogP contribution in [0.5, 0.6) is 5.75 Å². The molecule has 0 unspecified atom stereocenters. The number of nitrogens with one attached hydrogen (secondary N) is 1. The summed E-state index contributed by atoms with van der Waals surface area (Å²) in [5.41, 5.74) is 3.99. The Morgan fingerprint density at radius 1 is 1.30 bits per heavy atom. The molecule has 2 N–H and O–H groups in total. The molecule has 3 aromatic rings. The summed E-state index contributed by atoms with van der Waals surface area (Å²) in [7, 11) is 0. The minimum Gasteiger partial charge on any atom is -0.508 e. The first-order valence-corrected chi connectivity index (χ1v) is 6.50. The number of aromatic amines is 1. The van der Waals surface area contributed by atoms with E-state index in [1.807, 2.05) is 13.1 Å². The number of hydrogen-bond acceptors (Lipinski definition) is 3. The van der Waals surface area contributed by atoms with Crippen LogP contribution in [0.25, 0.3) is 16.9 Å². The number of imidazole rings is 1. The van der Waals surface area contributed by atoms with E-state index in [-0.39, 0.29) is 11.4 Å². The lowest BCUT2D eigenvalue weighted by atomic mass is 10.1. The Hall–Kier alpha value is -2.56. The molecule has 0 fully saturated rings. The Labute approximate surface area is 115 Å². The molecule has 5 nitrogen and oxygen atoms in total. The highest BCUT2D eigenvalue weighted by Gasteiger charge is 2.13. The van der Waals surface area contributed by atoms with Crippen molar-refractivity contribution < 1.29 is 5.11 Å². The smallest absolute Gasteiger partial charge is 0.332 e. The summed E-state index contributed by atoms with van der Waals surface area (Å²) in [6.45, 7) is 4.05. The van der Waals surface area contributed by atoms with Gasteiger partial charge in [0.25, 0.3) is 0 Å². The summed E-state index contributed by atoms with van der Waals surface area (Å²) in [5.74, 6) is 0.166. The summed E-state index contributed by atoms with van der Waals surface area (Å²) >= 11 is 0. The van der Waals surface area contributed by atoms with Gasteiger partial charge in [-0.15, -0.1) is 0 Å². The van der Waals surface area contributed by atoms with Crippen LogP contribution in [0.15, 0.2) is 35.3 Å². The van der Waals surface area contributed by atoms with Crippen molar-refractivity contribution in [3.8, 4) is 11.4 Å². The number of pyridine rings is 1. The Bertz CT molecular complexity index is 829. The molecule has 0 amide bonds. The molecule has 0 atom stereocenters. The van der Waals surface area contributed by atoms with Crippen LogP contribution in [0, 0.1) is 6.92 Å². The molecule has 3 rings (SSSR count). The molecule has 2 aromatic heterocycles. The number of phenolic OH excluding ortho intramolecular Hbond substituents is 1. The Morgan fingerprint density at radius 2 is 2.00 bits per heavy atom. The van der Waals surface area contributed by atoms with Crippen molar-refractivity contribution in [2.75, 3.05) is 0 Å². The largest absolute Gasteiger partial charge is 0.508 e. The molecule has 0 aliphatic rings. The highest BCUT2D eigenvalue weighted by atomic mass is 16.3. The van der Waals surface area contributed by atoms with E-state index in [4.69, 9.17) is 0 Å². The van der Waals surface area contributed by atoms with Crippen LogP contribution < -0.4 is 5.69 Å². The molecule has 0 saturated heterocycles. The zero-order chi connectivity index (χ0) is 14.3. The van der Waals surface area contributed by atoms with Gasteiger partial charge >= 0.3 is 5.69 Å². The van der Waals surface area contributed by atoms with Crippen molar-refractivity contribution in [2.45, 2.75) is 20.3 Å². The number of aryl methyl sites for hydroxylation is 2. The fourth-order valence-electron chi connectivity index (χ4n) is 2.40. The second-order valence-electron chi connectivity index (χ2n) is 4.74. The lowest BCUT2D eigenvalue weighted by Crippen LogP contribution is -2.14. The average Bonchev–Trinajstić information content (AvgIpc) is 2.78. The third-order valence-corrected chi connectivity index (χ3v) is 3.56. The summed E-state index contributed by atoms with van der Waals surface area (Å²) in [6.07, 6.45) is 2.68. The van der Waals surface area contributed by atoms with E-state index in [9.17, 15) is 9.90 Å². The van der Waals surface area contributed by atoms with Crippen LogP contribution in [0.1, 0.15) is 18.1 Å². The highest BCUT2D eigenvalue weighted by molar-refractivity contribution is 5.77. The third kappa shape index (κ3) is 1.79. The van der Waals surface area contributed by atoms with Crippen molar-refractivity contribution in [1.29, 1.82) is 0 Å². The van der Waals surface area contributed by atoms with E-state index in [0.717, 1.165) is 23.1 Å². The number of H-pyrrole nitrogens is 1. The van der Waals surface area contributed by atoms with E-state index in [1.165, 1.54) is 4.57 Å². The SMILES string of the molecule is CCc1cnc2c([nH]c(=O)n2-c2ccc(O)cc2)c1C. The summed E-state index contributed by atoms with van der Waals surface area (Å²) in [5, 5.41) is 9.34. The molecule has 0 radical (unpaired) electrons. The van der Waals surface area contributed by atoms with Crippen LogP contribution in [-0.2, 0) is 6.42 Å². The quantitative estimate of drug-likeness (QED) is 0.749. The van der Waals surface area contributed by atoms with Crippen molar-refractivity contribution >= 4 is 11.2 Å². The third-order valence-electron chi connectivity index (χ3n) is 3.56. The second kappa shape index (κ2) is 4.52. The average molecular weight is 269 g/mol. The molecule has 0 spiro atoms. The van der Waals surface area contributed by atoms with Crippen LogP contribution in [0.3, 0.4) is 0 Å². The molecule has 2 heterocycles. The van der Waals surface area contributed by atoms with E-state index < -0.39 is 0 Å². The number of nitrogens with zero attached hydrogens (tertiary/aromatic N) is 2. The van der Waals surface area contributed by atoms with Gasteiger partial charge in [-0.3, -0.25) is 0 Å². The van der Waals surface area contributed by atoms with Gasteiger partial charge in [0, 0.05) is 6.20 Å². The summed E-state index contributed by atoms with van der Waals surface area (Å²) < 4.78 is 1.52. The normalized spacial score (nSPS) is 11.1. The highest BCUT2D eigenvalue weighted by Crippen LogP contribution is 2.20. The van der Waals surface area contributed by atoms with Gasteiger partial charge in [0.1, 0.15) is 5.75 Å². The zero-order valence-electron chi connectivity index (χ0n) is 11.3. The first-order chi connectivity index (χ1) is 9.61. The first kappa shape index (κ1) is 12.5. The van der Waals surface area contributed by atoms with Gasteiger partial charge in [0.2, 0.25) is 0 Å². The molecule has 0 aliphatic carbocycles. The van der Waals surface area contributed by atoms with Gasteiger partial charge in [-0.05, 0) is 48.7 Å². The van der Waals surface area contributed by atoms with Crippen LogP contribution in [0.4, 0.5) is 0 Å². The molecule has 0 bridgehead atoms. The topological polar surface area (TPSA) is 70.9 Å². The number of benzene rings is 1. The maximum atomic E-state index is 12.2. The van der Waals surface area contributed by atoms with Gasteiger partial charge in [0.05, 0.1) is 11.2 Å². The summed E-state index contributed by atoms with van der Waals surface area (Å²) in [4.78, 5) is 19.4. The van der Waals surface area contributed by atoms with Gasteiger partial charge in [-0.25, -0.2) is 14.3 Å². The number of fused-ring (bicyclic) bond motifs is 1. The molecule has 5 heteroatoms. The van der Waals surface area contributed by atoms with Crippen LogP contribution >= 0.6 is 0 Å². The number of aromatic nitrogens is 3. The molecule has 102 valence electrons. The Balaban J connectivity index is 2.32. The lowest BCUT2D eigenvalue weighted by Gasteiger charge is -2.05. The minimum atomic E-state index is -0.227. The van der Waals surface area contributed by atoms with Gasteiger partial charge in [-0.2, -0.15) is 0 Å². The molecule has 0 saturated carbocycles. The van der Waals surface area contributed by atoms with Crippen molar-refractivity contribution in [3.63, 3.8) is 0 Å². The van der Waals surface area contributed by atoms with Crippen molar-refractivity contribution in [2.24, 2.45) is 0 Å². The molecule has 20 heavy (non-hydrogen) atoms. The van der Waals surface area contributed by atoms with E-state index in [1.54, 1.807) is 24.3 Å². The lowest BCUT2D eigenvalue weighted by molar-refractivity contribution is 0.475. The van der Waals surface area contributed by atoms with Crippen LogP contribution in [0.2, 0.25) is 0 Å². The number of phenols is 1. The van der Waals surface area contributed by atoms with E-state index in [2.05, 4.69) is 16.9 Å². The van der Waals surface area contributed by atoms with Gasteiger partial charge in [-0.1, -0.05) is 6.92 Å². The second-order valence-corrected chi connectivity index (χ2v) is 4.74. The maximum Gasteiger partial charge on any atom is 0.332 e. The summed E-state index contributed by atoms with van der Waals surface area (Å²) in [6, 6.07) is 6.48. The molecular formula is C15H15N3O2. The standard InChI is InChI=1S/C15H15N3O2/c1-3-10-8-16-14-13(9(10)2)17-15(20)18(14)11-4-6-12(19)7-5-11/h4-8,19H,3H2,1-2H3,(H,17,20). The number of hydrogen-bond donors (Lipinski definition) is 2. The van der Waals surface area contributed by atoms with Gasteiger partial charge < -0.3 is 10.1 Å². The van der Waals surface area contributed by atoms with Crippen molar-refractivity contribution in [1.82, 2.24) is 14.5 Å². The first-order valence-electron chi connectivity index (χ1n) is 6.50. The Morgan fingerprint density at radius 3 is 2.65 bits per heavy atom. The van der Waals surface area contributed by atoms with Crippen LogP contribution in [-0.4, -0.2) is 19.6 Å². The molecular weight excluding hydrogens is 254 g/mol. The van der Waals surface area contributed by atoms with E-state index in [0.29, 0.717) is 11.3 Å². The molecule has 0 aliphatic heterocycles. The zero-order valence-corrected chi connectivity index (χ0v) is 11.3.